The Hall–Kier alpha value is -3.18. The molecule has 12 heteroatoms. The fraction of sp³-hybridized carbons (Fsp3) is 0.760. The number of amides is 3. The summed E-state index contributed by atoms with van der Waals surface area (Å²) in [5.41, 5.74) is -1.25. The number of ether oxygens (including phenoxy) is 2. The zero-order chi connectivity index (χ0) is 28.0. The Morgan fingerprint density at radius 3 is 1.97 bits per heavy atom. The van der Waals surface area contributed by atoms with Crippen molar-refractivity contribution >= 4 is 23.9 Å². The smallest absolute Gasteiger partial charge is 0.410 e. The van der Waals surface area contributed by atoms with E-state index in [1.54, 1.807) is 46.4 Å². The van der Waals surface area contributed by atoms with E-state index in [-0.39, 0.29) is 35.8 Å². The van der Waals surface area contributed by atoms with Gasteiger partial charge in [0.15, 0.2) is 0 Å². The Balaban J connectivity index is 2.03. The molecule has 1 aliphatic rings. The molecule has 208 valence electrons. The van der Waals surface area contributed by atoms with Gasteiger partial charge >= 0.3 is 12.2 Å². The summed E-state index contributed by atoms with van der Waals surface area (Å²) in [4.78, 5) is 51.0. The van der Waals surface area contributed by atoms with Crippen molar-refractivity contribution in [2.45, 2.75) is 104 Å². The number of carbonyl (C=O) groups excluding carboxylic acids is 4. The van der Waals surface area contributed by atoms with Gasteiger partial charge in [0.1, 0.15) is 29.1 Å². The Morgan fingerprint density at radius 2 is 1.49 bits per heavy atom. The lowest BCUT2D eigenvalue weighted by Gasteiger charge is -2.33. The molecule has 2 heterocycles. The van der Waals surface area contributed by atoms with Crippen LogP contribution in [0.15, 0.2) is 4.42 Å². The number of likely N-dealkylation sites (tertiary alicyclic amines) is 1. The first-order chi connectivity index (χ1) is 17.1. The van der Waals surface area contributed by atoms with E-state index in [9.17, 15) is 19.2 Å². The minimum Gasteiger partial charge on any atom is -0.444 e. The maximum absolute atomic E-state index is 13.0. The van der Waals surface area contributed by atoms with E-state index in [2.05, 4.69) is 20.8 Å². The second-order valence-electron chi connectivity index (χ2n) is 11.3. The molecule has 37 heavy (non-hydrogen) atoms. The highest BCUT2D eigenvalue weighted by molar-refractivity contribution is 5.81. The number of carbonyl (C=O) groups is 4. The third-order valence-electron chi connectivity index (χ3n) is 5.48. The van der Waals surface area contributed by atoms with Gasteiger partial charge in [-0.2, -0.15) is 0 Å². The van der Waals surface area contributed by atoms with Crippen molar-refractivity contribution in [3.05, 3.63) is 11.8 Å². The summed E-state index contributed by atoms with van der Waals surface area (Å²) in [7, 11) is 0. The Bertz CT molecular complexity index is 955. The molecule has 2 atom stereocenters. The minimum atomic E-state index is -0.811. The zero-order valence-corrected chi connectivity index (χ0v) is 23.2. The Labute approximate surface area is 218 Å². The van der Waals surface area contributed by atoms with Crippen LogP contribution in [0.3, 0.4) is 0 Å². The SMILES string of the molecule is CC[C@H](NC(=O)OC(C)(C)C)c1nnc([C@H](CC(C)=O)NC(=O)C2CCN(C(=O)OC(C)(C)C)CC2)o1. The monoisotopic (exact) mass is 523 g/mol. The second kappa shape index (κ2) is 12.4. The van der Waals surface area contributed by atoms with E-state index in [0.717, 1.165) is 0 Å². The third-order valence-corrected chi connectivity index (χ3v) is 5.48. The van der Waals surface area contributed by atoms with Crippen LogP contribution >= 0.6 is 0 Å². The number of hydrogen-bond acceptors (Lipinski definition) is 9. The highest BCUT2D eigenvalue weighted by Crippen LogP contribution is 2.24. The average Bonchev–Trinajstić information content (AvgIpc) is 3.24. The molecule has 0 aromatic carbocycles. The van der Waals surface area contributed by atoms with Gasteiger partial charge in [-0.25, -0.2) is 9.59 Å². The summed E-state index contributed by atoms with van der Waals surface area (Å²) in [6.07, 6.45) is 0.339. The molecule has 2 N–H and O–H groups in total. The summed E-state index contributed by atoms with van der Waals surface area (Å²) in [5, 5.41) is 13.6. The number of Topliss-reactive ketones (excluding diaryl/α,β-unsaturated/α-hetero) is 1. The van der Waals surface area contributed by atoms with Crippen LogP contribution in [0.4, 0.5) is 9.59 Å². The number of nitrogens with zero attached hydrogens (tertiary/aromatic N) is 3. The van der Waals surface area contributed by atoms with Crippen LogP contribution in [0, 0.1) is 5.92 Å². The molecular weight excluding hydrogens is 482 g/mol. The number of hydrogen-bond donors (Lipinski definition) is 2. The molecule has 1 aromatic rings. The fourth-order valence-electron chi connectivity index (χ4n) is 3.74. The van der Waals surface area contributed by atoms with E-state index in [0.29, 0.717) is 32.4 Å². The van der Waals surface area contributed by atoms with E-state index >= 15 is 0 Å². The lowest BCUT2D eigenvalue weighted by molar-refractivity contribution is -0.127. The van der Waals surface area contributed by atoms with Gasteiger partial charge < -0.3 is 29.4 Å². The minimum absolute atomic E-state index is 0.0274. The van der Waals surface area contributed by atoms with Gasteiger partial charge in [-0.05, 0) is 67.7 Å². The molecule has 1 fully saturated rings. The van der Waals surface area contributed by atoms with Gasteiger partial charge in [0.25, 0.3) is 0 Å². The first kappa shape index (κ1) is 30.0. The van der Waals surface area contributed by atoms with Gasteiger partial charge in [-0.1, -0.05) is 6.92 Å². The molecule has 12 nitrogen and oxygen atoms in total. The summed E-state index contributed by atoms with van der Waals surface area (Å²) >= 11 is 0. The predicted octanol–water partition coefficient (Wildman–Crippen LogP) is 3.83. The first-order valence-corrected chi connectivity index (χ1v) is 12.7. The zero-order valence-electron chi connectivity index (χ0n) is 23.2. The molecule has 1 aromatic heterocycles. The van der Waals surface area contributed by atoms with Crippen LogP contribution < -0.4 is 10.6 Å². The van der Waals surface area contributed by atoms with E-state index < -0.39 is 35.5 Å². The van der Waals surface area contributed by atoms with E-state index in [1.165, 1.54) is 6.92 Å². The molecule has 0 aliphatic carbocycles. The predicted molar refractivity (Wildman–Crippen MR) is 133 cm³/mol. The molecule has 0 spiro atoms. The van der Waals surface area contributed by atoms with Gasteiger partial charge in [0.05, 0.1) is 0 Å². The van der Waals surface area contributed by atoms with Crippen molar-refractivity contribution < 1.29 is 33.1 Å². The lowest BCUT2D eigenvalue weighted by atomic mass is 9.95. The molecule has 1 aliphatic heterocycles. The van der Waals surface area contributed by atoms with Crippen molar-refractivity contribution in [3.8, 4) is 0 Å². The lowest BCUT2D eigenvalue weighted by Crippen LogP contribution is -2.45. The number of rotatable bonds is 8. The van der Waals surface area contributed by atoms with Crippen LogP contribution in [0.5, 0.6) is 0 Å². The highest BCUT2D eigenvalue weighted by atomic mass is 16.6. The molecule has 0 unspecified atom stereocenters. The van der Waals surface area contributed by atoms with Crippen LogP contribution in [0.1, 0.15) is 105 Å². The molecular formula is C25H41N5O7. The highest BCUT2D eigenvalue weighted by Gasteiger charge is 2.33. The second-order valence-corrected chi connectivity index (χ2v) is 11.3. The van der Waals surface area contributed by atoms with E-state index in [1.807, 2.05) is 6.92 Å². The summed E-state index contributed by atoms with van der Waals surface area (Å²) in [6.45, 7) is 14.7. The standard InChI is InChI=1S/C25H41N5O7/c1-9-17(27-22(33)36-24(3,4)5)20-28-29-21(35-20)18(14-15(2)31)26-19(32)16-10-12-30(13-11-16)23(34)37-25(6,7)8/h16-18H,9-14H2,1-8H3,(H,26,32)(H,27,33)/t17-,18-/m0/s1. The van der Waals surface area contributed by atoms with Crippen molar-refractivity contribution in [2.75, 3.05) is 13.1 Å². The number of ketones is 1. The molecule has 2 rings (SSSR count). The van der Waals surface area contributed by atoms with Gasteiger partial charge in [-0.3, -0.25) is 9.59 Å². The largest absolute Gasteiger partial charge is 0.444 e. The molecule has 0 bridgehead atoms. The molecule has 0 radical (unpaired) electrons. The maximum Gasteiger partial charge on any atom is 0.410 e. The van der Waals surface area contributed by atoms with Crippen molar-refractivity contribution in [2.24, 2.45) is 5.92 Å². The van der Waals surface area contributed by atoms with Gasteiger partial charge in [0, 0.05) is 25.4 Å². The van der Waals surface area contributed by atoms with Crippen LogP contribution in [0.25, 0.3) is 0 Å². The van der Waals surface area contributed by atoms with Crippen LogP contribution in [-0.4, -0.2) is 63.3 Å². The van der Waals surface area contributed by atoms with Gasteiger partial charge in [0.2, 0.25) is 17.7 Å². The number of nitrogens with one attached hydrogen (secondary N) is 2. The van der Waals surface area contributed by atoms with Crippen molar-refractivity contribution in [3.63, 3.8) is 0 Å². The van der Waals surface area contributed by atoms with Crippen molar-refractivity contribution in [1.82, 2.24) is 25.7 Å². The van der Waals surface area contributed by atoms with E-state index in [4.69, 9.17) is 13.9 Å². The summed E-state index contributed by atoms with van der Waals surface area (Å²) < 4.78 is 16.5. The topological polar surface area (TPSA) is 153 Å². The number of alkyl carbamates (subject to hydrolysis) is 1. The molecule has 0 saturated carbocycles. The fourth-order valence-corrected chi connectivity index (χ4v) is 3.74. The normalized spacial score (nSPS) is 16.5. The Morgan fingerprint density at radius 1 is 0.946 bits per heavy atom. The number of piperidine rings is 1. The first-order valence-electron chi connectivity index (χ1n) is 12.7. The maximum atomic E-state index is 13.0. The van der Waals surface area contributed by atoms with Crippen LogP contribution in [-0.2, 0) is 19.1 Å². The van der Waals surface area contributed by atoms with Gasteiger partial charge in [-0.15, -0.1) is 10.2 Å². The Kier molecular flexibility index (Phi) is 10.0. The van der Waals surface area contributed by atoms with Crippen molar-refractivity contribution in [1.29, 1.82) is 0 Å². The quantitative estimate of drug-likeness (QED) is 0.517. The van der Waals surface area contributed by atoms with Crippen LogP contribution in [0.2, 0.25) is 0 Å². The molecule has 3 amide bonds. The average molecular weight is 524 g/mol. The summed E-state index contributed by atoms with van der Waals surface area (Å²) in [6, 6.07) is -1.41. The third kappa shape index (κ3) is 10.0. The number of aromatic nitrogens is 2. The summed E-state index contributed by atoms with van der Waals surface area (Å²) in [5.74, 6) is -0.531. The molecule has 1 saturated heterocycles.